The lowest BCUT2D eigenvalue weighted by Crippen LogP contribution is -2.17. The summed E-state index contributed by atoms with van der Waals surface area (Å²) < 4.78 is 14.4. The topological polar surface area (TPSA) is 48.3 Å². The molecule has 0 amide bonds. The highest BCUT2D eigenvalue weighted by Gasteiger charge is 2.12. The molecule has 0 atom stereocenters. The Morgan fingerprint density at radius 2 is 2.22 bits per heavy atom. The Morgan fingerprint density at radius 3 is 2.91 bits per heavy atom. The van der Waals surface area contributed by atoms with Gasteiger partial charge in [0.15, 0.2) is 11.5 Å². The number of halogens is 1. The third-order valence-electron chi connectivity index (χ3n) is 3.41. The van der Waals surface area contributed by atoms with Gasteiger partial charge in [0.25, 0.3) is 0 Å². The van der Waals surface area contributed by atoms with E-state index in [1.54, 1.807) is 13.3 Å². The van der Waals surface area contributed by atoms with Crippen molar-refractivity contribution < 1.29 is 9.47 Å². The largest absolute Gasteiger partial charge is 0.493 e. The Morgan fingerprint density at radius 1 is 1.35 bits per heavy atom. The lowest BCUT2D eigenvalue weighted by Gasteiger charge is -2.16. The monoisotopic (exact) mass is 381 g/mol. The minimum atomic E-state index is 0.686. The molecule has 126 valence electrons. The molecule has 1 aromatic carbocycles. The summed E-state index contributed by atoms with van der Waals surface area (Å²) >= 11 is 3.53. The maximum Gasteiger partial charge on any atom is 0.165 e. The molecule has 0 spiro atoms. The van der Waals surface area contributed by atoms with Crippen molar-refractivity contribution in [1.82, 2.24) is 14.9 Å². The average Bonchev–Trinajstić information content (AvgIpc) is 3.06. The van der Waals surface area contributed by atoms with Gasteiger partial charge in [0.2, 0.25) is 0 Å². The summed E-state index contributed by atoms with van der Waals surface area (Å²) in [5.74, 6) is 1.60. The maximum atomic E-state index is 5.88. The minimum absolute atomic E-state index is 0.686. The fourth-order valence-electron chi connectivity index (χ4n) is 2.30. The second kappa shape index (κ2) is 9.57. The first-order valence-electron chi connectivity index (χ1n) is 7.90. The molecule has 1 N–H and O–H groups in total. The van der Waals surface area contributed by atoms with Gasteiger partial charge in [0.1, 0.15) is 0 Å². The van der Waals surface area contributed by atoms with Gasteiger partial charge in [-0.2, -0.15) is 0 Å². The molecule has 5 nitrogen and oxygen atoms in total. The second-order valence-corrected chi connectivity index (χ2v) is 6.19. The number of methoxy groups -OCH3 is 1. The molecule has 23 heavy (non-hydrogen) atoms. The molecule has 0 saturated heterocycles. The summed E-state index contributed by atoms with van der Waals surface area (Å²) in [5, 5.41) is 3.47. The quantitative estimate of drug-likeness (QED) is 0.638. The van der Waals surface area contributed by atoms with Gasteiger partial charge in [-0.1, -0.05) is 22.9 Å². The van der Waals surface area contributed by atoms with Crippen molar-refractivity contribution in [3.8, 4) is 11.5 Å². The van der Waals surface area contributed by atoms with E-state index >= 15 is 0 Å². The number of hydrogen-bond acceptors (Lipinski definition) is 4. The van der Waals surface area contributed by atoms with Crippen molar-refractivity contribution in [2.75, 3.05) is 20.3 Å². The zero-order valence-electron chi connectivity index (χ0n) is 13.7. The van der Waals surface area contributed by atoms with Gasteiger partial charge in [0.05, 0.1) is 20.0 Å². The molecule has 0 fully saturated rings. The van der Waals surface area contributed by atoms with Crippen LogP contribution in [0.3, 0.4) is 0 Å². The van der Waals surface area contributed by atoms with Gasteiger partial charge in [-0.25, -0.2) is 4.98 Å². The van der Waals surface area contributed by atoms with E-state index in [0.717, 1.165) is 54.0 Å². The van der Waals surface area contributed by atoms with Crippen LogP contribution in [0.5, 0.6) is 11.5 Å². The van der Waals surface area contributed by atoms with E-state index in [0.29, 0.717) is 6.61 Å². The second-order valence-electron chi connectivity index (χ2n) is 5.28. The van der Waals surface area contributed by atoms with Crippen molar-refractivity contribution in [2.24, 2.45) is 0 Å². The van der Waals surface area contributed by atoms with E-state index in [9.17, 15) is 0 Å². The van der Waals surface area contributed by atoms with E-state index in [-0.39, 0.29) is 0 Å². The predicted molar refractivity (Wildman–Crippen MR) is 95.0 cm³/mol. The first-order chi connectivity index (χ1) is 11.2. The zero-order chi connectivity index (χ0) is 16.5. The highest BCUT2D eigenvalue weighted by Crippen LogP contribution is 2.35. The first-order valence-corrected chi connectivity index (χ1v) is 8.69. The summed E-state index contributed by atoms with van der Waals surface area (Å²) in [7, 11) is 1.67. The Hall–Kier alpha value is -1.53. The zero-order valence-corrected chi connectivity index (χ0v) is 15.3. The van der Waals surface area contributed by atoms with Crippen LogP contribution < -0.4 is 14.8 Å². The fraction of sp³-hybridized carbons (Fsp3) is 0.471. The van der Waals surface area contributed by atoms with Gasteiger partial charge in [0, 0.05) is 35.5 Å². The summed E-state index contributed by atoms with van der Waals surface area (Å²) in [6, 6.07) is 4.02. The number of benzene rings is 1. The molecule has 0 bridgehead atoms. The van der Waals surface area contributed by atoms with Crippen LogP contribution >= 0.6 is 15.9 Å². The maximum absolute atomic E-state index is 5.88. The summed E-state index contributed by atoms with van der Waals surface area (Å²) in [5.41, 5.74) is 1.10. The molecule has 2 aromatic rings. The molecule has 0 unspecified atom stereocenters. The Kier molecular flexibility index (Phi) is 7.42. The van der Waals surface area contributed by atoms with Crippen LogP contribution in [0.25, 0.3) is 0 Å². The number of imidazole rings is 1. The van der Waals surface area contributed by atoms with Gasteiger partial charge in [-0.05, 0) is 31.5 Å². The lowest BCUT2D eigenvalue weighted by molar-refractivity contribution is 0.290. The van der Waals surface area contributed by atoms with Crippen molar-refractivity contribution in [2.45, 2.75) is 32.9 Å². The SMILES string of the molecule is CCCOc1c(CNCCCn2ccnc2)cc(Br)cc1OC. The molecule has 6 heteroatoms. The van der Waals surface area contributed by atoms with E-state index in [4.69, 9.17) is 9.47 Å². The third-order valence-corrected chi connectivity index (χ3v) is 3.87. The number of aromatic nitrogens is 2. The lowest BCUT2D eigenvalue weighted by atomic mass is 10.1. The van der Waals surface area contributed by atoms with Gasteiger partial charge in [-0.15, -0.1) is 0 Å². The normalized spacial score (nSPS) is 10.7. The van der Waals surface area contributed by atoms with Crippen molar-refractivity contribution in [1.29, 1.82) is 0 Å². The predicted octanol–water partition coefficient (Wildman–Crippen LogP) is 3.62. The number of rotatable bonds is 10. The van der Waals surface area contributed by atoms with Crippen LogP contribution in [-0.2, 0) is 13.1 Å². The van der Waals surface area contributed by atoms with Crippen LogP contribution in [-0.4, -0.2) is 29.8 Å². The van der Waals surface area contributed by atoms with E-state index in [2.05, 4.69) is 43.8 Å². The first kappa shape index (κ1) is 17.8. The van der Waals surface area contributed by atoms with Crippen LogP contribution in [0.1, 0.15) is 25.3 Å². The van der Waals surface area contributed by atoms with Crippen LogP contribution in [0, 0.1) is 0 Å². The molecule has 1 heterocycles. The molecule has 0 aliphatic heterocycles. The van der Waals surface area contributed by atoms with E-state index < -0.39 is 0 Å². The van der Waals surface area contributed by atoms with Crippen LogP contribution in [0.2, 0.25) is 0 Å². The molecule has 2 rings (SSSR count). The molecule has 0 saturated carbocycles. The number of hydrogen-bond donors (Lipinski definition) is 1. The van der Waals surface area contributed by atoms with Gasteiger partial charge >= 0.3 is 0 Å². The van der Waals surface area contributed by atoms with Crippen molar-refractivity contribution in [3.05, 3.63) is 40.9 Å². The summed E-state index contributed by atoms with van der Waals surface area (Å²) in [6.07, 6.45) is 7.65. The Labute approximate surface area is 146 Å². The summed E-state index contributed by atoms with van der Waals surface area (Å²) in [6.45, 7) is 5.43. The third kappa shape index (κ3) is 5.55. The molecule has 0 aliphatic carbocycles. The number of ether oxygens (including phenoxy) is 2. The van der Waals surface area contributed by atoms with Gasteiger partial charge in [-0.3, -0.25) is 0 Å². The van der Waals surface area contributed by atoms with E-state index in [1.807, 2.05) is 18.6 Å². The van der Waals surface area contributed by atoms with Crippen LogP contribution in [0.15, 0.2) is 35.3 Å². The molecular formula is C17H24BrN3O2. The van der Waals surface area contributed by atoms with Gasteiger partial charge < -0.3 is 19.4 Å². The Balaban J connectivity index is 1.90. The van der Waals surface area contributed by atoms with Crippen molar-refractivity contribution >= 4 is 15.9 Å². The van der Waals surface area contributed by atoms with Crippen molar-refractivity contribution in [3.63, 3.8) is 0 Å². The average molecular weight is 382 g/mol. The van der Waals surface area contributed by atoms with Crippen LogP contribution in [0.4, 0.5) is 0 Å². The smallest absolute Gasteiger partial charge is 0.165 e. The highest BCUT2D eigenvalue weighted by molar-refractivity contribution is 9.10. The molecule has 0 aliphatic rings. The molecular weight excluding hydrogens is 358 g/mol. The number of aryl methyl sites for hydroxylation is 1. The Bertz CT molecular complexity index is 588. The summed E-state index contributed by atoms with van der Waals surface area (Å²) in [4.78, 5) is 4.04. The fourth-order valence-corrected chi connectivity index (χ4v) is 2.79. The standard InChI is InChI=1S/C17H24BrN3O2/c1-3-9-23-17-14(10-15(18)11-16(17)22-2)12-19-5-4-7-21-8-6-20-13-21/h6,8,10-11,13,19H,3-5,7,9,12H2,1-2H3. The minimum Gasteiger partial charge on any atom is -0.493 e. The number of nitrogens with zero attached hydrogens (tertiary/aromatic N) is 2. The highest BCUT2D eigenvalue weighted by atomic mass is 79.9. The molecule has 0 radical (unpaired) electrons. The van der Waals surface area contributed by atoms with E-state index in [1.165, 1.54) is 0 Å². The molecule has 1 aromatic heterocycles. The number of nitrogens with one attached hydrogen (secondary N) is 1.